The van der Waals surface area contributed by atoms with Crippen molar-refractivity contribution < 1.29 is 17.9 Å². The lowest BCUT2D eigenvalue weighted by Crippen LogP contribution is -2.44. The van der Waals surface area contributed by atoms with Crippen molar-refractivity contribution in [2.45, 2.75) is 43.6 Å². The molecule has 1 atom stereocenters. The van der Waals surface area contributed by atoms with Crippen molar-refractivity contribution >= 4 is 15.9 Å². The molecule has 1 aromatic rings. The maximum Gasteiger partial charge on any atom is 0.253 e. The predicted octanol–water partition coefficient (Wildman–Crippen LogP) is 2.11. The van der Waals surface area contributed by atoms with Gasteiger partial charge in [0.15, 0.2) is 0 Å². The Hall–Kier alpha value is -1.44. The summed E-state index contributed by atoms with van der Waals surface area (Å²) in [5, 5.41) is 0. The van der Waals surface area contributed by atoms with Crippen LogP contribution in [0, 0.1) is 0 Å². The summed E-state index contributed by atoms with van der Waals surface area (Å²) in [5.41, 5.74) is 0.552. The molecule has 2 fully saturated rings. The molecule has 7 heteroatoms. The van der Waals surface area contributed by atoms with E-state index in [1.807, 2.05) is 11.8 Å². The molecular weight excluding hydrogens is 340 g/mol. The average molecular weight is 366 g/mol. The van der Waals surface area contributed by atoms with Gasteiger partial charge in [-0.2, -0.15) is 4.31 Å². The molecule has 0 spiro atoms. The molecule has 2 heterocycles. The van der Waals surface area contributed by atoms with E-state index in [1.165, 1.54) is 17.1 Å². The van der Waals surface area contributed by atoms with E-state index in [2.05, 4.69) is 0 Å². The maximum atomic E-state index is 12.7. The second-order valence-electron chi connectivity index (χ2n) is 6.78. The maximum absolute atomic E-state index is 12.7. The van der Waals surface area contributed by atoms with Gasteiger partial charge in [-0.25, -0.2) is 8.42 Å². The first-order valence-corrected chi connectivity index (χ1v) is 10.4. The third-order valence-corrected chi connectivity index (χ3v) is 6.72. The average Bonchev–Trinajstić information content (AvgIpc) is 2.90. The van der Waals surface area contributed by atoms with E-state index >= 15 is 0 Å². The Morgan fingerprint density at radius 2 is 1.68 bits per heavy atom. The fourth-order valence-corrected chi connectivity index (χ4v) is 4.88. The number of morpholine rings is 1. The standard InChI is InChI=1S/C18H26N2O4S/c1-15-14-20(12-13-24-15)25(22,23)17-8-6-16(7-9-17)18(21)19-10-4-2-3-5-11-19/h6-9,15H,2-5,10-14H2,1H3. The SMILES string of the molecule is CC1CN(S(=O)(=O)c2ccc(C(=O)N3CCCCCC3)cc2)CCO1. The van der Waals surface area contributed by atoms with Crippen molar-refractivity contribution in [3.05, 3.63) is 29.8 Å². The first-order chi connectivity index (χ1) is 12.0. The zero-order chi connectivity index (χ0) is 17.9. The van der Waals surface area contributed by atoms with E-state index in [0.29, 0.717) is 25.3 Å². The minimum Gasteiger partial charge on any atom is -0.376 e. The Balaban J connectivity index is 1.74. The van der Waals surface area contributed by atoms with Gasteiger partial charge in [0.2, 0.25) is 10.0 Å². The number of sulfonamides is 1. The van der Waals surface area contributed by atoms with Crippen LogP contribution in [-0.2, 0) is 14.8 Å². The van der Waals surface area contributed by atoms with Crippen LogP contribution in [0.4, 0.5) is 0 Å². The molecule has 25 heavy (non-hydrogen) atoms. The summed E-state index contributed by atoms with van der Waals surface area (Å²) >= 11 is 0. The fourth-order valence-electron chi connectivity index (χ4n) is 3.38. The second-order valence-corrected chi connectivity index (χ2v) is 8.71. The highest BCUT2D eigenvalue weighted by Crippen LogP contribution is 2.20. The topological polar surface area (TPSA) is 66.9 Å². The fraction of sp³-hybridized carbons (Fsp3) is 0.611. The van der Waals surface area contributed by atoms with Crippen LogP contribution >= 0.6 is 0 Å². The minimum atomic E-state index is -3.54. The quantitative estimate of drug-likeness (QED) is 0.822. The number of carbonyl (C=O) groups is 1. The number of benzene rings is 1. The van der Waals surface area contributed by atoms with Crippen molar-refractivity contribution in [2.24, 2.45) is 0 Å². The van der Waals surface area contributed by atoms with Crippen molar-refractivity contribution in [3.8, 4) is 0 Å². The summed E-state index contributed by atoms with van der Waals surface area (Å²) in [6.07, 6.45) is 4.30. The van der Waals surface area contributed by atoms with E-state index in [9.17, 15) is 13.2 Å². The molecule has 2 aliphatic rings. The van der Waals surface area contributed by atoms with Crippen LogP contribution in [-0.4, -0.2) is 62.4 Å². The Morgan fingerprint density at radius 1 is 1.04 bits per heavy atom. The number of hydrogen-bond donors (Lipinski definition) is 0. The van der Waals surface area contributed by atoms with Gasteiger partial charge >= 0.3 is 0 Å². The van der Waals surface area contributed by atoms with E-state index in [0.717, 1.165) is 25.9 Å². The van der Waals surface area contributed by atoms with Gasteiger partial charge in [0.05, 0.1) is 17.6 Å². The normalized spacial score (nSPS) is 23.2. The zero-order valence-electron chi connectivity index (χ0n) is 14.7. The van der Waals surface area contributed by atoms with E-state index < -0.39 is 10.0 Å². The third kappa shape index (κ3) is 4.22. The molecule has 0 saturated carbocycles. The van der Waals surface area contributed by atoms with Crippen LogP contribution in [0.1, 0.15) is 43.0 Å². The Labute approximate surface area is 149 Å². The van der Waals surface area contributed by atoms with Crippen LogP contribution in [0.25, 0.3) is 0 Å². The Kier molecular flexibility index (Phi) is 5.76. The molecule has 138 valence electrons. The van der Waals surface area contributed by atoms with Crippen LogP contribution in [0.3, 0.4) is 0 Å². The molecule has 0 bridgehead atoms. The lowest BCUT2D eigenvalue weighted by Gasteiger charge is -2.30. The first-order valence-electron chi connectivity index (χ1n) is 8.99. The minimum absolute atomic E-state index is 0.00848. The van der Waals surface area contributed by atoms with Crippen molar-refractivity contribution in [1.82, 2.24) is 9.21 Å². The van der Waals surface area contributed by atoms with E-state index in [1.54, 1.807) is 24.3 Å². The molecule has 1 unspecified atom stereocenters. The summed E-state index contributed by atoms with van der Waals surface area (Å²) in [4.78, 5) is 14.7. The Morgan fingerprint density at radius 3 is 2.28 bits per heavy atom. The monoisotopic (exact) mass is 366 g/mol. The number of ether oxygens (including phenoxy) is 1. The van der Waals surface area contributed by atoms with Gasteiger partial charge in [0.1, 0.15) is 0 Å². The first kappa shape index (κ1) is 18.4. The van der Waals surface area contributed by atoms with Crippen molar-refractivity contribution in [3.63, 3.8) is 0 Å². The molecule has 1 amide bonds. The highest BCUT2D eigenvalue weighted by Gasteiger charge is 2.29. The predicted molar refractivity (Wildman–Crippen MR) is 95.0 cm³/mol. The van der Waals surface area contributed by atoms with Crippen molar-refractivity contribution in [1.29, 1.82) is 0 Å². The largest absolute Gasteiger partial charge is 0.376 e. The molecule has 2 saturated heterocycles. The number of nitrogens with zero attached hydrogens (tertiary/aromatic N) is 2. The lowest BCUT2D eigenvalue weighted by atomic mass is 10.2. The summed E-state index contributed by atoms with van der Waals surface area (Å²) in [6, 6.07) is 6.34. The van der Waals surface area contributed by atoms with E-state index in [-0.39, 0.29) is 16.9 Å². The van der Waals surface area contributed by atoms with Gasteiger partial charge in [-0.3, -0.25) is 4.79 Å². The van der Waals surface area contributed by atoms with Gasteiger partial charge in [-0.15, -0.1) is 0 Å². The summed E-state index contributed by atoms with van der Waals surface area (Å²) in [7, 11) is -3.54. The number of amides is 1. The third-order valence-electron chi connectivity index (χ3n) is 4.84. The number of likely N-dealkylation sites (tertiary alicyclic amines) is 1. The molecule has 6 nitrogen and oxygen atoms in total. The smallest absolute Gasteiger partial charge is 0.253 e. The molecule has 0 N–H and O–H groups in total. The van der Waals surface area contributed by atoms with Gasteiger partial charge in [0.25, 0.3) is 5.91 Å². The number of rotatable bonds is 3. The summed E-state index contributed by atoms with van der Waals surface area (Å²) < 4.78 is 32.3. The molecule has 0 radical (unpaired) electrons. The van der Waals surface area contributed by atoms with Gasteiger partial charge in [-0.05, 0) is 44.0 Å². The van der Waals surface area contributed by atoms with Crippen LogP contribution in [0.15, 0.2) is 29.2 Å². The zero-order valence-corrected chi connectivity index (χ0v) is 15.5. The lowest BCUT2D eigenvalue weighted by molar-refractivity contribution is 0.0102. The second kappa shape index (κ2) is 7.85. The van der Waals surface area contributed by atoms with E-state index in [4.69, 9.17) is 4.74 Å². The molecule has 0 aromatic heterocycles. The number of hydrogen-bond acceptors (Lipinski definition) is 4. The van der Waals surface area contributed by atoms with Gasteiger partial charge in [0, 0.05) is 31.7 Å². The highest BCUT2D eigenvalue weighted by molar-refractivity contribution is 7.89. The molecule has 2 aliphatic heterocycles. The van der Waals surface area contributed by atoms with Gasteiger partial charge in [-0.1, -0.05) is 12.8 Å². The molecule has 0 aliphatic carbocycles. The number of carbonyl (C=O) groups excluding carboxylic acids is 1. The van der Waals surface area contributed by atoms with Crippen molar-refractivity contribution in [2.75, 3.05) is 32.8 Å². The van der Waals surface area contributed by atoms with Gasteiger partial charge < -0.3 is 9.64 Å². The highest BCUT2D eigenvalue weighted by atomic mass is 32.2. The van der Waals surface area contributed by atoms with Crippen LogP contribution in [0.2, 0.25) is 0 Å². The van der Waals surface area contributed by atoms with Crippen LogP contribution < -0.4 is 0 Å². The molecule has 1 aromatic carbocycles. The Bertz CT molecular complexity index is 694. The summed E-state index contributed by atoms with van der Waals surface area (Å²) in [6.45, 7) is 4.56. The van der Waals surface area contributed by atoms with Crippen LogP contribution in [0.5, 0.6) is 0 Å². The molecule has 3 rings (SSSR count). The molecular formula is C18H26N2O4S. The summed E-state index contributed by atoms with van der Waals surface area (Å²) in [5.74, 6) is -0.00848.